The van der Waals surface area contributed by atoms with Crippen LogP contribution in [0.4, 0.5) is 4.79 Å². The second-order valence-corrected chi connectivity index (χ2v) is 5.30. The van der Waals surface area contributed by atoms with E-state index in [1.165, 1.54) is 0 Å². The Morgan fingerprint density at radius 3 is 2.33 bits per heavy atom. The van der Waals surface area contributed by atoms with Crippen molar-refractivity contribution in [3.63, 3.8) is 0 Å². The summed E-state index contributed by atoms with van der Waals surface area (Å²) in [7, 11) is 0. The highest BCUT2D eigenvalue weighted by atomic mass is 16.5. The molecule has 0 aliphatic carbocycles. The summed E-state index contributed by atoms with van der Waals surface area (Å²) in [5.74, 6) is -0.939. The molecular weight excluding hydrogens is 236 g/mol. The Bertz CT molecular complexity index is 274. The first-order valence-corrected chi connectivity index (χ1v) is 6.09. The molecule has 0 saturated carbocycles. The summed E-state index contributed by atoms with van der Waals surface area (Å²) in [6, 6.07) is -0.306. The summed E-state index contributed by atoms with van der Waals surface area (Å²) in [6.45, 7) is 8.99. The predicted octanol–water partition coefficient (Wildman–Crippen LogP) is 1.21. The van der Waals surface area contributed by atoms with Gasteiger partial charge in [0.2, 0.25) is 0 Å². The van der Waals surface area contributed by atoms with Crippen molar-refractivity contribution in [2.75, 3.05) is 19.7 Å². The average Bonchev–Trinajstić information content (AvgIpc) is 2.21. The number of aliphatic carboxylic acids is 1. The van der Waals surface area contributed by atoms with Crippen molar-refractivity contribution < 1.29 is 19.4 Å². The van der Waals surface area contributed by atoms with Crippen LogP contribution in [0.2, 0.25) is 0 Å². The first-order valence-electron chi connectivity index (χ1n) is 6.09. The molecule has 0 heterocycles. The van der Waals surface area contributed by atoms with Crippen LogP contribution < -0.4 is 10.6 Å². The van der Waals surface area contributed by atoms with Crippen LogP contribution in [0.5, 0.6) is 0 Å². The van der Waals surface area contributed by atoms with Crippen molar-refractivity contribution in [1.82, 2.24) is 10.6 Å². The van der Waals surface area contributed by atoms with Crippen molar-refractivity contribution in [2.24, 2.45) is 5.41 Å². The zero-order chi connectivity index (χ0) is 14.2. The minimum Gasteiger partial charge on any atom is -0.481 e. The third-order valence-electron chi connectivity index (χ3n) is 2.07. The molecule has 0 aromatic carbocycles. The topological polar surface area (TPSA) is 87.7 Å². The van der Waals surface area contributed by atoms with Crippen molar-refractivity contribution in [2.45, 2.75) is 40.2 Å². The van der Waals surface area contributed by atoms with Gasteiger partial charge in [-0.3, -0.25) is 4.79 Å². The van der Waals surface area contributed by atoms with Gasteiger partial charge in [-0.1, -0.05) is 20.8 Å². The molecule has 106 valence electrons. The molecular formula is C12H24N2O4. The van der Waals surface area contributed by atoms with E-state index in [-0.39, 0.29) is 24.4 Å². The zero-order valence-corrected chi connectivity index (χ0v) is 11.6. The highest BCUT2D eigenvalue weighted by Gasteiger charge is 2.15. The van der Waals surface area contributed by atoms with Crippen LogP contribution in [-0.2, 0) is 9.53 Å². The summed E-state index contributed by atoms with van der Waals surface area (Å²) < 4.78 is 5.23. The Hall–Kier alpha value is -1.30. The molecule has 0 aromatic rings. The number of carbonyl (C=O) groups is 2. The zero-order valence-electron chi connectivity index (χ0n) is 11.6. The first kappa shape index (κ1) is 16.7. The molecule has 6 nitrogen and oxygen atoms in total. The lowest BCUT2D eigenvalue weighted by Crippen LogP contribution is -2.43. The number of hydrogen-bond donors (Lipinski definition) is 3. The Labute approximate surface area is 108 Å². The number of hydrogen-bond acceptors (Lipinski definition) is 3. The van der Waals surface area contributed by atoms with Crippen LogP contribution in [0.1, 0.15) is 34.1 Å². The summed E-state index contributed by atoms with van der Waals surface area (Å²) in [4.78, 5) is 22.0. The third-order valence-corrected chi connectivity index (χ3v) is 2.07. The van der Waals surface area contributed by atoms with Gasteiger partial charge >= 0.3 is 12.0 Å². The van der Waals surface area contributed by atoms with Gasteiger partial charge in [0.25, 0.3) is 0 Å². The number of carboxylic acids is 1. The first-order chi connectivity index (χ1) is 8.24. The van der Waals surface area contributed by atoms with E-state index in [4.69, 9.17) is 9.84 Å². The standard InChI is InChI=1S/C12H24N2O4/c1-5-18-9(6-10(15)16)7-13-11(17)14-8-12(2,3)4/h9H,5-8H2,1-4H3,(H,15,16)(H2,13,14,17). The van der Waals surface area contributed by atoms with E-state index in [0.717, 1.165) is 0 Å². The van der Waals surface area contributed by atoms with Gasteiger partial charge in [-0.2, -0.15) is 0 Å². The van der Waals surface area contributed by atoms with Gasteiger partial charge in [-0.25, -0.2) is 4.79 Å². The molecule has 0 radical (unpaired) electrons. The van der Waals surface area contributed by atoms with Crippen LogP contribution in [-0.4, -0.2) is 42.9 Å². The number of rotatable bonds is 7. The van der Waals surface area contributed by atoms with Gasteiger partial charge in [0.1, 0.15) is 0 Å². The number of urea groups is 1. The fourth-order valence-electron chi connectivity index (χ4n) is 1.23. The van der Waals surface area contributed by atoms with Crippen LogP contribution in [0.3, 0.4) is 0 Å². The second kappa shape index (κ2) is 7.92. The SMILES string of the molecule is CCOC(CNC(=O)NCC(C)(C)C)CC(=O)O. The fraction of sp³-hybridized carbons (Fsp3) is 0.833. The van der Waals surface area contributed by atoms with Gasteiger partial charge < -0.3 is 20.5 Å². The molecule has 0 bridgehead atoms. The molecule has 0 saturated heterocycles. The molecule has 0 aliphatic rings. The smallest absolute Gasteiger partial charge is 0.314 e. The van der Waals surface area contributed by atoms with Crippen molar-refractivity contribution in [1.29, 1.82) is 0 Å². The molecule has 1 atom stereocenters. The van der Waals surface area contributed by atoms with Gasteiger partial charge in [0.05, 0.1) is 12.5 Å². The fourth-order valence-corrected chi connectivity index (χ4v) is 1.23. The van der Waals surface area contributed by atoms with Gasteiger partial charge in [-0.05, 0) is 12.3 Å². The largest absolute Gasteiger partial charge is 0.481 e. The molecule has 3 N–H and O–H groups in total. The molecule has 18 heavy (non-hydrogen) atoms. The third kappa shape index (κ3) is 9.89. The summed E-state index contributed by atoms with van der Waals surface area (Å²) in [6.07, 6.45) is -0.610. The van der Waals surface area contributed by atoms with Gasteiger partial charge in [0.15, 0.2) is 0 Å². The number of ether oxygens (including phenoxy) is 1. The predicted molar refractivity (Wildman–Crippen MR) is 68.5 cm³/mol. The maximum Gasteiger partial charge on any atom is 0.314 e. The van der Waals surface area contributed by atoms with E-state index in [1.54, 1.807) is 6.92 Å². The van der Waals surface area contributed by atoms with Crippen molar-refractivity contribution in [3.8, 4) is 0 Å². The Kier molecular flexibility index (Phi) is 7.35. The van der Waals surface area contributed by atoms with Crippen LogP contribution in [0, 0.1) is 5.41 Å². The van der Waals surface area contributed by atoms with E-state index < -0.39 is 12.1 Å². The van der Waals surface area contributed by atoms with E-state index >= 15 is 0 Å². The minimum absolute atomic E-state index is 0.0116. The Balaban J connectivity index is 3.95. The van der Waals surface area contributed by atoms with Crippen LogP contribution in [0.25, 0.3) is 0 Å². The van der Waals surface area contributed by atoms with Gasteiger partial charge in [0, 0.05) is 19.7 Å². The summed E-state index contributed by atoms with van der Waals surface area (Å²) in [5.41, 5.74) is 0.0116. The van der Waals surface area contributed by atoms with Crippen molar-refractivity contribution >= 4 is 12.0 Å². The lowest BCUT2D eigenvalue weighted by molar-refractivity contribution is -0.140. The second-order valence-electron chi connectivity index (χ2n) is 5.30. The number of carbonyl (C=O) groups excluding carboxylic acids is 1. The lowest BCUT2D eigenvalue weighted by atomic mass is 9.97. The van der Waals surface area contributed by atoms with Crippen LogP contribution in [0.15, 0.2) is 0 Å². The molecule has 0 spiro atoms. The molecule has 1 unspecified atom stereocenters. The highest BCUT2D eigenvalue weighted by Crippen LogP contribution is 2.09. The molecule has 0 rings (SSSR count). The molecule has 0 fully saturated rings. The lowest BCUT2D eigenvalue weighted by Gasteiger charge is -2.20. The molecule has 6 heteroatoms. The monoisotopic (exact) mass is 260 g/mol. The number of carboxylic acid groups (broad SMARTS) is 1. The van der Waals surface area contributed by atoms with Crippen LogP contribution >= 0.6 is 0 Å². The maximum absolute atomic E-state index is 11.5. The number of amides is 2. The van der Waals surface area contributed by atoms with Gasteiger partial charge in [-0.15, -0.1) is 0 Å². The minimum atomic E-state index is -0.939. The van der Waals surface area contributed by atoms with Crippen molar-refractivity contribution in [3.05, 3.63) is 0 Å². The highest BCUT2D eigenvalue weighted by molar-refractivity contribution is 5.74. The molecule has 2 amide bonds. The average molecular weight is 260 g/mol. The normalized spacial score (nSPS) is 12.9. The number of nitrogens with one attached hydrogen (secondary N) is 2. The summed E-state index contributed by atoms with van der Waals surface area (Å²) in [5, 5.41) is 14.0. The quantitative estimate of drug-likeness (QED) is 0.642. The Morgan fingerprint density at radius 1 is 1.28 bits per heavy atom. The molecule has 0 aliphatic heterocycles. The van der Waals surface area contributed by atoms with E-state index in [0.29, 0.717) is 13.2 Å². The van der Waals surface area contributed by atoms with E-state index in [1.807, 2.05) is 20.8 Å². The molecule has 0 aromatic heterocycles. The van der Waals surface area contributed by atoms with E-state index in [9.17, 15) is 9.59 Å². The summed E-state index contributed by atoms with van der Waals surface area (Å²) >= 11 is 0. The van der Waals surface area contributed by atoms with E-state index in [2.05, 4.69) is 10.6 Å². The Morgan fingerprint density at radius 2 is 1.89 bits per heavy atom. The maximum atomic E-state index is 11.5.